The molecule has 11 nitrogen and oxygen atoms in total. The first kappa shape index (κ1) is 30.4. The number of anilines is 3. The predicted molar refractivity (Wildman–Crippen MR) is 134 cm³/mol. The minimum Gasteiger partial charge on any atom is -0.465 e. The van der Waals surface area contributed by atoms with Crippen molar-refractivity contribution >= 4 is 29.6 Å². The SMILES string of the molecule is COC(=O)c1cccc(Nc2nc(NCCCCCCNC(=O)OC(C)(C)C)nc(OCC(F)(F)F)n2)c1. The Balaban J connectivity index is 1.91. The second kappa shape index (κ2) is 14.2. The summed E-state index contributed by atoms with van der Waals surface area (Å²) in [5.74, 6) is -0.605. The Morgan fingerprint density at radius 3 is 2.29 bits per heavy atom. The molecule has 0 saturated heterocycles. The van der Waals surface area contributed by atoms with Gasteiger partial charge in [0.15, 0.2) is 6.61 Å². The van der Waals surface area contributed by atoms with Crippen LogP contribution in [-0.4, -0.2) is 65.6 Å². The summed E-state index contributed by atoms with van der Waals surface area (Å²) in [5.41, 5.74) is 0.122. The molecule has 0 aliphatic heterocycles. The number of esters is 1. The van der Waals surface area contributed by atoms with Gasteiger partial charge in [-0.05, 0) is 51.8 Å². The van der Waals surface area contributed by atoms with E-state index in [1.54, 1.807) is 39.0 Å². The van der Waals surface area contributed by atoms with Crippen LogP contribution in [0.3, 0.4) is 0 Å². The lowest BCUT2D eigenvalue weighted by Crippen LogP contribution is -2.32. The number of nitrogens with one attached hydrogen (secondary N) is 3. The van der Waals surface area contributed by atoms with Crippen LogP contribution in [0.1, 0.15) is 56.8 Å². The highest BCUT2D eigenvalue weighted by atomic mass is 19.4. The standard InChI is InChI=1S/C24H33F3N6O5/c1-23(2,3)38-22(35)29-13-8-6-5-7-12-28-19-31-20(33-21(32-19)37-15-24(25,26)27)30-17-11-9-10-16(14-17)18(34)36-4/h9-11,14H,5-8,12-13,15H2,1-4H3,(H,29,35)(H2,28,30,31,32,33). The molecule has 1 amide bonds. The number of halogens is 3. The first-order chi connectivity index (χ1) is 17.8. The zero-order chi connectivity index (χ0) is 28.2. The second-order valence-electron chi connectivity index (χ2n) is 9.14. The van der Waals surface area contributed by atoms with E-state index in [0.29, 0.717) is 18.8 Å². The van der Waals surface area contributed by atoms with E-state index in [-0.39, 0.29) is 17.5 Å². The number of alkyl carbamates (subject to hydrolysis) is 1. The molecular formula is C24H33F3N6O5. The van der Waals surface area contributed by atoms with Gasteiger partial charge in [-0.1, -0.05) is 18.9 Å². The van der Waals surface area contributed by atoms with Crippen molar-refractivity contribution in [2.75, 3.05) is 37.4 Å². The molecular weight excluding hydrogens is 509 g/mol. The van der Waals surface area contributed by atoms with E-state index in [9.17, 15) is 22.8 Å². The van der Waals surface area contributed by atoms with Gasteiger partial charge in [0.2, 0.25) is 11.9 Å². The van der Waals surface area contributed by atoms with Crippen LogP contribution in [0.2, 0.25) is 0 Å². The molecule has 3 N–H and O–H groups in total. The van der Waals surface area contributed by atoms with E-state index in [1.165, 1.54) is 13.2 Å². The molecule has 0 atom stereocenters. The van der Waals surface area contributed by atoms with Gasteiger partial charge in [-0.2, -0.15) is 28.1 Å². The largest absolute Gasteiger partial charge is 0.465 e. The van der Waals surface area contributed by atoms with Crippen LogP contribution >= 0.6 is 0 Å². The zero-order valence-electron chi connectivity index (χ0n) is 21.8. The summed E-state index contributed by atoms with van der Waals surface area (Å²) in [5, 5.41) is 8.48. The van der Waals surface area contributed by atoms with Gasteiger partial charge in [0.25, 0.3) is 0 Å². The topological polar surface area (TPSA) is 137 Å². The quantitative estimate of drug-likeness (QED) is 0.238. The van der Waals surface area contributed by atoms with Crippen molar-refractivity contribution < 1.29 is 37.0 Å². The molecule has 2 rings (SSSR count). The number of alkyl halides is 3. The normalized spacial score (nSPS) is 11.4. The molecule has 0 aliphatic rings. The van der Waals surface area contributed by atoms with Crippen molar-refractivity contribution in [2.45, 2.75) is 58.2 Å². The maximum absolute atomic E-state index is 12.6. The number of hydrogen-bond donors (Lipinski definition) is 3. The number of ether oxygens (including phenoxy) is 3. The summed E-state index contributed by atoms with van der Waals surface area (Å²) in [7, 11) is 1.25. The van der Waals surface area contributed by atoms with Gasteiger partial charge in [-0.3, -0.25) is 0 Å². The molecule has 2 aromatic rings. The van der Waals surface area contributed by atoms with Crippen LogP contribution in [-0.2, 0) is 9.47 Å². The molecule has 0 radical (unpaired) electrons. The fourth-order valence-electron chi connectivity index (χ4n) is 2.98. The van der Waals surface area contributed by atoms with Crippen LogP contribution in [0.15, 0.2) is 24.3 Å². The van der Waals surface area contributed by atoms with Gasteiger partial charge in [0.1, 0.15) is 5.60 Å². The number of benzene rings is 1. The molecule has 0 bridgehead atoms. The van der Waals surface area contributed by atoms with Crippen molar-refractivity contribution in [1.29, 1.82) is 0 Å². The van der Waals surface area contributed by atoms with Crippen LogP contribution in [0.25, 0.3) is 0 Å². The minimum atomic E-state index is -4.57. The highest BCUT2D eigenvalue weighted by Crippen LogP contribution is 2.21. The van der Waals surface area contributed by atoms with Crippen molar-refractivity contribution in [1.82, 2.24) is 20.3 Å². The number of methoxy groups -OCH3 is 1. The van der Waals surface area contributed by atoms with Crippen LogP contribution in [0.4, 0.5) is 35.5 Å². The van der Waals surface area contributed by atoms with E-state index in [4.69, 9.17) is 9.47 Å². The summed E-state index contributed by atoms with van der Waals surface area (Å²) >= 11 is 0. The van der Waals surface area contributed by atoms with Crippen molar-refractivity contribution in [3.63, 3.8) is 0 Å². The Kier molecular flexibility index (Phi) is 11.3. The maximum atomic E-state index is 12.6. The van der Waals surface area contributed by atoms with Gasteiger partial charge < -0.3 is 30.2 Å². The molecule has 0 unspecified atom stereocenters. The highest BCUT2D eigenvalue weighted by molar-refractivity contribution is 5.90. The van der Waals surface area contributed by atoms with Gasteiger partial charge in [-0.15, -0.1) is 0 Å². The average Bonchev–Trinajstić information content (AvgIpc) is 2.82. The van der Waals surface area contributed by atoms with E-state index in [1.807, 2.05) is 0 Å². The first-order valence-corrected chi connectivity index (χ1v) is 12.0. The number of nitrogens with zero attached hydrogens (tertiary/aromatic N) is 3. The first-order valence-electron chi connectivity index (χ1n) is 12.0. The molecule has 210 valence electrons. The Bertz CT molecular complexity index is 1060. The highest BCUT2D eigenvalue weighted by Gasteiger charge is 2.29. The zero-order valence-corrected chi connectivity index (χ0v) is 21.8. The van der Waals surface area contributed by atoms with Crippen LogP contribution in [0, 0.1) is 0 Å². The Morgan fingerprint density at radius 2 is 1.63 bits per heavy atom. The van der Waals surface area contributed by atoms with Crippen LogP contribution < -0.4 is 20.7 Å². The third-order valence-electron chi connectivity index (χ3n) is 4.57. The summed E-state index contributed by atoms with van der Waals surface area (Å²) < 4.78 is 52.5. The molecule has 1 aromatic carbocycles. The molecule has 0 saturated carbocycles. The van der Waals surface area contributed by atoms with Gasteiger partial charge in [0, 0.05) is 18.8 Å². The third kappa shape index (κ3) is 12.4. The lowest BCUT2D eigenvalue weighted by molar-refractivity contribution is -0.154. The van der Waals surface area contributed by atoms with Gasteiger partial charge in [-0.25, -0.2) is 9.59 Å². The number of carbonyl (C=O) groups is 2. The number of carbonyl (C=O) groups excluding carboxylic acids is 2. The predicted octanol–water partition coefficient (Wildman–Crippen LogP) is 4.84. The number of amides is 1. The second-order valence-corrected chi connectivity index (χ2v) is 9.14. The number of unbranched alkanes of at least 4 members (excludes halogenated alkanes) is 3. The van der Waals surface area contributed by atoms with Gasteiger partial charge >= 0.3 is 24.2 Å². The molecule has 14 heteroatoms. The maximum Gasteiger partial charge on any atom is 0.422 e. The number of hydrogen-bond acceptors (Lipinski definition) is 10. The summed E-state index contributed by atoms with van der Waals surface area (Å²) in [6.45, 7) is 4.74. The third-order valence-corrected chi connectivity index (χ3v) is 4.57. The molecule has 0 aliphatic carbocycles. The summed E-state index contributed by atoms with van der Waals surface area (Å²) in [6.07, 6.45) is -1.87. The fourth-order valence-corrected chi connectivity index (χ4v) is 2.98. The van der Waals surface area contributed by atoms with Crippen molar-refractivity contribution in [3.05, 3.63) is 29.8 Å². The average molecular weight is 543 g/mol. The Morgan fingerprint density at radius 1 is 0.947 bits per heavy atom. The van der Waals surface area contributed by atoms with Gasteiger partial charge in [0.05, 0.1) is 12.7 Å². The van der Waals surface area contributed by atoms with Crippen molar-refractivity contribution in [2.24, 2.45) is 0 Å². The number of aromatic nitrogens is 3. The lowest BCUT2D eigenvalue weighted by Gasteiger charge is -2.19. The van der Waals surface area contributed by atoms with E-state index < -0.39 is 36.5 Å². The smallest absolute Gasteiger partial charge is 0.422 e. The molecule has 0 spiro atoms. The van der Waals surface area contributed by atoms with E-state index in [2.05, 4.69) is 35.6 Å². The van der Waals surface area contributed by atoms with Crippen molar-refractivity contribution in [3.8, 4) is 6.01 Å². The Hall–Kier alpha value is -3.84. The molecule has 1 aromatic heterocycles. The molecule has 0 fully saturated rings. The minimum absolute atomic E-state index is 0.0235. The lowest BCUT2D eigenvalue weighted by atomic mass is 10.2. The summed E-state index contributed by atoms with van der Waals surface area (Å²) in [6, 6.07) is 5.73. The number of rotatable bonds is 13. The Labute approximate surface area is 218 Å². The molecule has 38 heavy (non-hydrogen) atoms. The fraction of sp³-hybridized carbons (Fsp3) is 0.542. The monoisotopic (exact) mass is 542 g/mol. The summed E-state index contributed by atoms with van der Waals surface area (Å²) in [4.78, 5) is 35.4. The van der Waals surface area contributed by atoms with Crippen LogP contribution in [0.5, 0.6) is 6.01 Å². The van der Waals surface area contributed by atoms with E-state index >= 15 is 0 Å². The van der Waals surface area contributed by atoms with E-state index in [0.717, 1.165) is 25.7 Å². The molecule has 1 heterocycles.